The summed E-state index contributed by atoms with van der Waals surface area (Å²) in [6.07, 6.45) is 2.19. The van der Waals surface area contributed by atoms with Crippen molar-refractivity contribution in [2.45, 2.75) is 23.5 Å². The number of anilines is 2. The Morgan fingerprint density at radius 3 is 2.29 bits per heavy atom. The van der Waals surface area contributed by atoms with Crippen LogP contribution < -0.4 is 16.0 Å². The molecule has 0 aliphatic carbocycles. The first-order chi connectivity index (χ1) is 19.8. The molecule has 0 saturated carbocycles. The number of carbonyl (C=O) groups excluding carboxylic acids is 3. The van der Waals surface area contributed by atoms with Crippen molar-refractivity contribution in [2.75, 3.05) is 10.6 Å². The Bertz CT molecular complexity index is 1560. The summed E-state index contributed by atoms with van der Waals surface area (Å²) in [5.74, 6) is -1.01. The average molecular weight is 696 g/mol. The van der Waals surface area contributed by atoms with Gasteiger partial charge in [-0.15, -0.1) is 11.8 Å². The molecule has 0 spiro atoms. The highest BCUT2D eigenvalue weighted by Crippen LogP contribution is 2.29. The van der Waals surface area contributed by atoms with Gasteiger partial charge in [-0.05, 0) is 107 Å². The van der Waals surface area contributed by atoms with E-state index in [-0.39, 0.29) is 16.9 Å². The summed E-state index contributed by atoms with van der Waals surface area (Å²) in [4.78, 5) is 40.0. The van der Waals surface area contributed by atoms with Crippen LogP contribution in [-0.4, -0.2) is 23.0 Å². The molecule has 0 heterocycles. The van der Waals surface area contributed by atoms with Crippen molar-refractivity contribution in [3.05, 3.63) is 129 Å². The van der Waals surface area contributed by atoms with Crippen LogP contribution in [-0.2, 0) is 9.59 Å². The Kier molecular flexibility index (Phi) is 11.0. The van der Waals surface area contributed by atoms with E-state index in [4.69, 9.17) is 11.6 Å². The molecule has 9 heteroatoms. The fourth-order valence-corrected chi connectivity index (χ4v) is 5.37. The van der Waals surface area contributed by atoms with Crippen LogP contribution in [0.4, 0.5) is 11.4 Å². The second kappa shape index (κ2) is 14.9. The van der Waals surface area contributed by atoms with Crippen LogP contribution in [0, 0.1) is 3.57 Å². The molecule has 0 fully saturated rings. The molecule has 4 aromatic carbocycles. The minimum Gasteiger partial charge on any atom is -0.325 e. The Morgan fingerprint density at radius 2 is 1.59 bits per heavy atom. The smallest absolute Gasteiger partial charge is 0.272 e. The highest BCUT2D eigenvalue weighted by atomic mass is 127. The number of carbonyl (C=O) groups is 3. The quantitative estimate of drug-likeness (QED) is 0.0896. The SMILES string of the molecule is CCC(Sc1cccc(NC(=O)/C(=C/c2cccc(Cl)c2)NC(=O)c2ccccc2)c1)C(=O)Nc1ccc(I)cc1. The maximum absolute atomic E-state index is 13.4. The lowest BCUT2D eigenvalue weighted by Gasteiger charge is -2.16. The predicted octanol–water partition coefficient (Wildman–Crippen LogP) is 7.86. The molecule has 41 heavy (non-hydrogen) atoms. The summed E-state index contributed by atoms with van der Waals surface area (Å²) in [5, 5.41) is 8.75. The lowest BCUT2D eigenvalue weighted by Crippen LogP contribution is -2.30. The molecule has 0 aliphatic rings. The van der Waals surface area contributed by atoms with Gasteiger partial charge in [-0.2, -0.15) is 0 Å². The number of halogens is 2. The standard InChI is InChI=1S/C32H27ClIN3O3S/c1-2-29(32(40)35-25-16-14-24(34)15-17-25)41-27-13-7-12-26(20-27)36-31(39)28(19-21-8-6-11-23(33)18-21)37-30(38)22-9-4-3-5-10-22/h3-20,29H,2H2,1H3,(H,35,40)(H,36,39)(H,37,38)/b28-19-. The summed E-state index contributed by atoms with van der Waals surface area (Å²) in [5.41, 5.74) is 2.41. The van der Waals surface area contributed by atoms with E-state index in [0.29, 0.717) is 28.3 Å². The number of benzene rings is 4. The summed E-state index contributed by atoms with van der Waals surface area (Å²) >= 11 is 9.77. The molecule has 1 atom stereocenters. The first kappa shape index (κ1) is 30.4. The van der Waals surface area contributed by atoms with Crippen LogP contribution in [0.3, 0.4) is 0 Å². The van der Waals surface area contributed by atoms with E-state index >= 15 is 0 Å². The van der Waals surface area contributed by atoms with E-state index in [1.807, 2.05) is 49.4 Å². The third-order valence-electron chi connectivity index (χ3n) is 5.83. The zero-order valence-corrected chi connectivity index (χ0v) is 25.8. The highest BCUT2D eigenvalue weighted by molar-refractivity contribution is 14.1. The van der Waals surface area contributed by atoms with Crippen molar-refractivity contribution >= 4 is 81.1 Å². The predicted molar refractivity (Wildman–Crippen MR) is 176 cm³/mol. The van der Waals surface area contributed by atoms with Crippen molar-refractivity contribution in [1.82, 2.24) is 5.32 Å². The lowest BCUT2D eigenvalue weighted by atomic mass is 10.1. The van der Waals surface area contributed by atoms with Crippen molar-refractivity contribution in [1.29, 1.82) is 0 Å². The second-order valence-electron chi connectivity index (χ2n) is 8.93. The number of thioether (sulfide) groups is 1. The third-order valence-corrected chi connectivity index (χ3v) is 8.15. The van der Waals surface area contributed by atoms with Gasteiger partial charge in [0.15, 0.2) is 0 Å². The third kappa shape index (κ3) is 9.21. The van der Waals surface area contributed by atoms with E-state index in [0.717, 1.165) is 14.2 Å². The zero-order valence-electron chi connectivity index (χ0n) is 22.1. The summed E-state index contributed by atoms with van der Waals surface area (Å²) in [6, 6.07) is 30.5. The summed E-state index contributed by atoms with van der Waals surface area (Å²) < 4.78 is 1.09. The Labute approximate surface area is 262 Å². The van der Waals surface area contributed by atoms with Gasteiger partial charge >= 0.3 is 0 Å². The van der Waals surface area contributed by atoms with Crippen molar-refractivity contribution in [3.8, 4) is 0 Å². The van der Waals surface area contributed by atoms with Gasteiger partial charge in [-0.3, -0.25) is 14.4 Å². The number of hydrogen-bond acceptors (Lipinski definition) is 4. The summed E-state index contributed by atoms with van der Waals surface area (Å²) in [7, 11) is 0. The van der Waals surface area contributed by atoms with E-state index in [1.165, 1.54) is 11.8 Å². The summed E-state index contributed by atoms with van der Waals surface area (Å²) in [6.45, 7) is 1.96. The number of nitrogens with one attached hydrogen (secondary N) is 3. The molecule has 0 radical (unpaired) electrons. The van der Waals surface area contributed by atoms with Crippen molar-refractivity contribution < 1.29 is 14.4 Å². The highest BCUT2D eigenvalue weighted by Gasteiger charge is 2.19. The molecule has 4 aromatic rings. The second-order valence-corrected chi connectivity index (χ2v) is 11.9. The number of hydrogen-bond donors (Lipinski definition) is 3. The normalized spacial score (nSPS) is 11.8. The molecule has 0 bridgehead atoms. The molecule has 3 N–H and O–H groups in total. The Morgan fingerprint density at radius 1 is 0.854 bits per heavy atom. The topological polar surface area (TPSA) is 87.3 Å². The Balaban J connectivity index is 1.49. The molecule has 1 unspecified atom stereocenters. The minimum atomic E-state index is -0.500. The Hall–Kier alpha value is -3.60. The van der Waals surface area contributed by atoms with Crippen LogP contribution in [0.2, 0.25) is 5.02 Å². The lowest BCUT2D eigenvalue weighted by molar-refractivity contribution is -0.116. The van der Waals surface area contributed by atoms with E-state index < -0.39 is 11.8 Å². The van der Waals surface area contributed by atoms with E-state index in [2.05, 4.69) is 38.5 Å². The van der Waals surface area contributed by atoms with Gasteiger partial charge in [0.25, 0.3) is 11.8 Å². The minimum absolute atomic E-state index is 0.0579. The number of amides is 3. The molecule has 0 saturated heterocycles. The van der Waals surface area contributed by atoms with Gasteiger partial charge in [0.1, 0.15) is 5.70 Å². The van der Waals surface area contributed by atoms with Gasteiger partial charge in [-0.25, -0.2) is 0 Å². The molecule has 0 aromatic heterocycles. The molecule has 0 aliphatic heterocycles. The van der Waals surface area contributed by atoms with Crippen LogP contribution in [0.1, 0.15) is 29.3 Å². The van der Waals surface area contributed by atoms with Crippen LogP contribution in [0.15, 0.2) is 114 Å². The van der Waals surface area contributed by atoms with Crippen molar-refractivity contribution in [3.63, 3.8) is 0 Å². The van der Waals surface area contributed by atoms with Crippen LogP contribution >= 0.6 is 46.0 Å². The van der Waals surface area contributed by atoms with E-state index in [1.54, 1.807) is 66.7 Å². The largest absolute Gasteiger partial charge is 0.325 e. The number of rotatable bonds is 10. The maximum Gasteiger partial charge on any atom is 0.272 e. The van der Waals surface area contributed by atoms with Gasteiger partial charge in [0.05, 0.1) is 5.25 Å². The average Bonchev–Trinajstić information content (AvgIpc) is 2.97. The molecular weight excluding hydrogens is 669 g/mol. The van der Waals surface area contributed by atoms with Crippen LogP contribution in [0.25, 0.3) is 6.08 Å². The van der Waals surface area contributed by atoms with Gasteiger partial charge in [0.2, 0.25) is 5.91 Å². The monoisotopic (exact) mass is 695 g/mol. The molecule has 3 amide bonds. The molecule has 6 nitrogen and oxygen atoms in total. The molecule has 4 rings (SSSR count). The fraction of sp³-hybridized carbons (Fsp3) is 0.0938. The molecule has 208 valence electrons. The van der Waals surface area contributed by atoms with Gasteiger partial charge in [0, 0.05) is 30.4 Å². The maximum atomic E-state index is 13.4. The van der Waals surface area contributed by atoms with Gasteiger partial charge < -0.3 is 16.0 Å². The first-order valence-corrected chi connectivity index (χ1v) is 15.1. The first-order valence-electron chi connectivity index (χ1n) is 12.8. The van der Waals surface area contributed by atoms with E-state index in [9.17, 15) is 14.4 Å². The zero-order chi connectivity index (χ0) is 29.2. The van der Waals surface area contributed by atoms with Gasteiger partial charge in [-0.1, -0.05) is 54.9 Å². The van der Waals surface area contributed by atoms with Crippen molar-refractivity contribution in [2.24, 2.45) is 0 Å². The van der Waals surface area contributed by atoms with Crippen LogP contribution in [0.5, 0.6) is 0 Å². The fourth-order valence-electron chi connectivity index (χ4n) is 3.79. The molecular formula is C32H27ClIN3O3S.